The number of carbonyl (C=O) groups is 1. The first kappa shape index (κ1) is 16.0. The molecule has 1 N–H and O–H groups in total. The van der Waals surface area contributed by atoms with Crippen molar-refractivity contribution in [2.45, 2.75) is 32.3 Å². The van der Waals surface area contributed by atoms with E-state index in [1.807, 2.05) is 6.07 Å². The van der Waals surface area contributed by atoms with Gasteiger partial charge in [0.2, 0.25) is 5.91 Å². The zero-order valence-corrected chi connectivity index (χ0v) is 13.1. The Morgan fingerprint density at radius 1 is 1.48 bits per heavy atom. The predicted octanol–water partition coefficient (Wildman–Crippen LogP) is 1.76. The van der Waals surface area contributed by atoms with Gasteiger partial charge in [0.1, 0.15) is 0 Å². The number of carbonyl (C=O) groups excluding carboxylic acids is 1. The van der Waals surface area contributed by atoms with Gasteiger partial charge in [-0.3, -0.25) is 4.79 Å². The molecule has 1 aromatic carbocycles. The molecule has 1 aromatic rings. The zero-order valence-electron chi connectivity index (χ0n) is 13.1. The van der Waals surface area contributed by atoms with E-state index in [9.17, 15) is 4.79 Å². The third-order valence-corrected chi connectivity index (χ3v) is 3.85. The molecule has 0 spiro atoms. The van der Waals surface area contributed by atoms with Crippen LogP contribution in [-0.2, 0) is 16.0 Å². The average molecular weight is 290 g/mol. The van der Waals surface area contributed by atoms with Crippen molar-refractivity contribution in [1.82, 2.24) is 10.2 Å². The molecule has 4 nitrogen and oxygen atoms in total. The van der Waals surface area contributed by atoms with Gasteiger partial charge in [0, 0.05) is 26.1 Å². The van der Waals surface area contributed by atoms with Gasteiger partial charge in [-0.05, 0) is 32.4 Å². The summed E-state index contributed by atoms with van der Waals surface area (Å²) in [6, 6.07) is 8.33. The lowest BCUT2D eigenvalue weighted by Crippen LogP contribution is -2.41. The molecular weight excluding hydrogens is 264 g/mol. The second-order valence-electron chi connectivity index (χ2n) is 5.88. The van der Waals surface area contributed by atoms with Crippen molar-refractivity contribution in [2.24, 2.45) is 0 Å². The van der Waals surface area contributed by atoms with Gasteiger partial charge in [-0.15, -0.1) is 0 Å². The van der Waals surface area contributed by atoms with Gasteiger partial charge in [0.25, 0.3) is 0 Å². The fourth-order valence-corrected chi connectivity index (χ4v) is 2.63. The van der Waals surface area contributed by atoms with Crippen molar-refractivity contribution in [3.63, 3.8) is 0 Å². The Morgan fingerprint density at radius 3 is 3.10 bits per heavy atom. The van der Waals surface area contributed by atoms with Gasteiger partial charge >= 0.3 is 0 Å². The Morgan fingerprint density at radius 2 is 2.33 bits per heavy atom. The van der Waals surface area contributed by atoms with Gasteiger partial charge in [-0.1, -0.05) is 29.8 Å². The smallest absolute Gasteiger partial charge is 0.220 e. The standard InChI is InChI=1S/C17H26N2O2/c1-14-4-3-5-15(12-14)6-7-17(20)18-9-8-16-13-19(2)10-11-21-16/h3-5,12,16H,6-11,13H2,1-2H3,(H,18,20). The Bertz CT molecular complexity index is 462. The van der Waals surface area contributed by atoms with Gasteiger partial charge < -0.3 is 15.0 Å². The number of rotatable bonds is 6. The molecule has 1 aliphatic rings. The Balaban J connectivity index is 1.61. The summed E-state index contributed by atoms with van der Waals surface area (Å²) in [5.41, 5.74) is 2.47. The Hall–Kier alpha value is -1.39. The van der Waals surface area contributed by atoms with E-state index in [0.29, 0.717) is 13.0 Å². The molecule has 116 valence electrons. The van der Waals surface area contributed by atoms with Crippen molar-refractivity contribution >= 4 is 5.91 Å². The molecule has 0 saturated carbocycles. The van der Waals surface area contributed by atoms with E-state index < -0.39 is 0 Å². The maximum Gasteiger partial charge on any atom is 0.220 e. The summed E-state index contributed by atoms with van der Waals surface area (Å²) in [5.74, 6) is 0.126. The number of amides is 1. The first-order chi connectivity index (χ1) is 10.1. The lowest BCUT2D eigenvalue weighted by atomic mass is 10.1. The van der Waals surface area contributed by atoms with Gasteiger partial charge in [-0.2, -0.15) is 0 Å². The van der Waals surface area contributed by atoms with Crippen molar-refractivity contribution < 1.29 is 9.53 Å². The van der Waals surface area contributed by atoms with Crippen molar-refractivity contribution in [3.05, 3.63) is 35.4 Å². The molecule has 1 unspecified atom stereocenters. The average Bonchev–Trinajstić information content (AvgIpc) is 2.45. The molecule has 1 amide bonds. The van der Waals surface area contributed by atoms with Crippen LogP contribution in [-0.4, -0.2) is 50.2 Å². The Labute approximate surface area is 127 Å². The molecule has 4 heteroatoms. The number of likely N-dealkylation sites (N-methyl/N-ethyl adjacent to an activating group) is 1. The number of morpholine rings is 1. The number of ether oxygens (including phenoxy) is 1. The third-order valence-electron chi connectivity index (χ3n) is 3.85. The Kier molecular flexibility index (Phi) is 6.21. The third kappa shape index (κ3) is 5.86. The molecular formula is C17H26N2O2. The fraction of sp³-hybridized carbons (Fsp3) is 0.588. The summed E-state index contributed by atoms with van der Waals surface area (Å²) in [5, 5.41) is 2.99. The molecule has 0 bridgehead atoms. The molecule has 1 aliphatic heterocycles. The molecule has 0 radical (unpaired) electrons. The molecule has 1 saturated heterocycles. The van der Waals surface area contributed by atoms with Crippen LogP contribution in [0.25, 0.3) is 0 Å². The summed E-state index contributed by atoms with van der Waals surface area (Å²) in [4.78, 5) is 14.1. The van der Waals surface area contributed by atoms with Crippen LogP contribution in [0.5, 0.6) is 0 Å². The molecule has 21 heavy (non-hydrogen) atoms. The first-order valence-electron chi connectivity index (χ1n) is 7.76. The van der Waals surface area contributed by atoms with Crippen molar-refractivity contribution in [2.75, 3.05) is 33.3 Å². The van der Waals surface area contributed by atoms with Crippen molar-refractivity contribution in [1.29, 1.82) is 0 Å². The van der Waals surface area contributed by atoms with Gasteiger partial charge in [-0.25, -0.2) is 0 Å². The van der Waals surface area contributed by atoms with Gasteiger partial charge in [0.05, 0.1) is 12.7 Å². The predicted molar refractivity (Wildman–Crippen MR) is 84.4 cm³/mol. The molecule has 0 aliphatic carbocycles. The summed E-state index contributed by atoms with van der Waals surface area (Å²) >= 11 is 0. The van der Waals surface area contributed by atoms with Crippen LogP contribution in [0.4, 0.5) is 0 Å². The highest BCUT2D eigenvalue weighted by atomic mass is 16.5. The van der Waals surface area contributed by atoms with Crippen LogP contribution < -0.4 is 5.32 Å². The molecule has 1 fully saturated rings. The van der Waals surface area contributed by atoms with E-state index in [1.54, 1.807) is 0 Å². The highest BCUT2D eigenvalue weighted by molar-refractivity contribution is 5.76. The second kappa shape index (κ2) is 8.15. The summed E-state index contributed by atoms with van der Waals surface area (Å²) < 4.78 is 5.68. The van der Waals surface area contributed by atoms with E-state index in [1.165, 1.54) is 11.1 Å². The highest BCUT2D eigenvalue weighted by Gasteiger charge is 2.17. The topological polar surface area (TPSA) is 41.6 Å². The summed E-state index contributed by atoms with van der Waals surface area (Å²) in [6.07, 6.45) is 2.49. The molecule has 1 atom stereocenters. The van der Waals surface area contributed by atoms with E-state index in [4.69, 9.17) is 4.74 Å². The number of nitrogens with one attached hydrogen (secondary N) is 1. The van der Waals surface area contributed by atoms with Crippen LogP contribution in [0, 0.1) is 6.92 Å². The number of aryl methyl sites for hydroxylation is 2. The minimum atomic E-state index is 0.126. The van der Waals surface area contributed by atoms with E-state index in [2.05, 4.69) is 42.4 Å². The van der Waals surface area contributed by atoms with Crippen LogP contribution >= 0.6 is 0 Å². The number of hydrogen-bond donors (Lipinski definition) is 1. The molecule has 0 aromatic heterocycles. The highest BCUT2D eigenvalue weighted by Crippen LogP contribution is 2.07. The number of hydrogen-bond acceptors (Lipinski definition) is 3. The maximum atomic E-state index is 11.8. The van der Waals surface area contributed by atoms with E-state index in [-0.39, 0.29) is 12.0 Å². The monoisotopic (exact) mass is 290 g/mol. The minimum Gasteiger partial charge on any atom is -0.375 e. The van der Waals surface area contributed by atoms with Crippen LogP contribution in [0.1, 0.15) is 24.0 Å². The normalized spacial score (nSPS) is 19.4. The zero-order chi connectivity index (χ0) is 15.1. The number of nitrogens with zero attached hydrogens (tertiary/aromatic N) is 1. The second-order valence-corrected chi connectivity index (χ2v) is 5.88. The van der Waals surface area contributed by atoms with Crippen LogP contribution in [0.2, 0.25) is 0 Å². The maximum absolute atomic E-state index is 11.8. The lowest BCUT2D eigenvalue weighted by Gasteiger charge is -2.30. The lowest BCUT2D eigenvalue weighted by molar-refractivity contribution is -0.121. The SMILES string of the molecule is Cc1cccc(CCC(=O)NCCC2CN(C)CCO2)c1. The van der Waals surface area contributed by atoms with Crippen LogP contribution in [0.15, 0.2) is 24.3 Å². The largest absolute Gasteiger partial charge is 0.375 e. The van der Waals surface area contributed by atoms with Crippen molar-refractivity contribution in [3.8, 4) is 0 Å². The number of benzene rings is 1. The van der Waals surface area contributed by atoms with E-state index in [0.717, 1.165) is 32.5 Å². The van der Waals surface area contributed by atoms with E-state index >= 15 is 0 Å². The summed E-state index contributed by atoms with van der Waals surface area (Å²) in [6.45, 7) is 5.52. The first-order valence-corrected chi connectivity index (χ1v) is 7.76. The van der Waals surface area contributed by atoms with Gasteiger partial charge in [0.15, 0.2) is 0 Å². The quantitative estimate of drug-likeness (QED) is 0.868. The summed E-state index contributed by atoms with van der Waals surface area (Å²) in [7, 11) is 2.11. The van der Waals surface area contributed by atoms with Crippen LogP contribution in [0.3, 0.4) is 0 Å². The molecule has 2 rings (SSSR count). The minimum absolute atomic E-state index is 0.126. The molecule has 1 heterocycles. The fourth-order valence-electron chi connectivity index (χ4n) is 2.63.